The summed E-state index contributed by atoms with van der Waals surface area (Å²) >= 11 is 0. The lowest BCUT2D eigenvalue weighted by molar-refractivity contribution is -0.129. The van der Waals surface area contributed by atoms with Crippen molar-refractivity contribution in [1.82, 2.24) is 0 Å². The number of cyclic esters (lactones) is 1. The van der Waals surface area contributed by atoms with Gasteiger partial charge in [-0.1, -0.05) is 75.0 Å². The van der Waals surface area contributed by atoms with Gasteiger partial charge in [-0.2, -0.15) is 0 Å². The van der Waals surface area contributed by atoms with E-state index < -0.39 is 5.97 Å². The molecule has 1 aliphatic heterocycles. The molecule has 4 rings (SSSR count). The van der Waals surface area contributed by atoms with Crippen molar-refractivity contribution in [2.45, 2.75) is 25.9 Å². The normalized spacial score (nSPS) is 15.4. The number of ether oxygens (including phenoxy) is 2. The molecule has 0 fully saturated rings. The minimum absolute atomic E-state index is 0.237. The largest absolute Gasteiger partial charge is 0.482 e. The molecule has 0 saturated carbocycles. The van der Waals surface area contributed by atoms with Crippen LogP contribution in [0.3, 0.4) is 0 Å². The molecule has 1 unspecified atom stereocenters. The quantitative estimate of drug-likeness (QED) is 0.249. The van der Waals surface area contributed by atoms with Crippen LogP contribution in [0.4, 0.5) is 0 Å². The summed E-state index contributed by atoms with van der Waals surface area (Å²) < 4.78 is 11.4. The summed E-state index contributed by atoms with van der Waals surface area (Å²) in [6.45, 7) is 8.15. The SMILES string of the molecule is C=CC(Oc1ccc(/C=C2\N=C(c3ccc(C(C)C)cc3)OC2=O)cc1)c1ccccc1. The lowest BCUT2D eigenvalue weighted by Crippen LogP contribution is -2.05. The van der Waals surface area contributed by atoms with E-state index in [1.807, 2.05) is 78.9 Å². The maximum atomic E-state index is 12.3. The molecule has 32 heavy (non-hydrogen) atoms. The Morgan fingerprint density at radius 2 is 1.59 bits per heavy atom. The minimum Gasteiger partial charge on any atom is -0.482 e. The second-order valence-electron chi connectivity index (χ2n) is 7.87. The van der Waals surface area contributed by atoms with Gasteiger partial charge in [0.2, 0.25) is 5.90 Å². The molecule has 0 saturated heterocycles. The highest BCUT2D eigenvalue weighted by molar-refractivity contribution is 6.12. The molecule has 0 spiro atoms. The van der Waals surface area contributed by atoms with E-state index in [4.69, 9.17) is 9.47 Å². The van der Waals surface area contributed by atoms with Crippen LogP contribution in [0.2, 0.25) is 0 Å². The molecule has 0 aliphatic carbocycles. The predicted molar refractivity (Wildman–Crippen MR) is 128 cm³/mol. The molecular weight excluding hydrogens is 398 g/mol. The van der Waals surface area contributed by atoms with Gasteiger partial charge in [-0.25, -0.2) is 9.79 Å². The number of esters is 1. The van der Waals surface area contributed by atoms with Gasteiger partial charge in [-0.05, 0) is 59.0 Å². The Hall–Kier alpha value is -3.92. The summed E-state index contributed by atoms with van der Waals surface area (Å²) in [4.78, 5) is 16.7. The van der Waals surface area contributed by atoms with Crippen LogP contribution in [0.15, 0.2) is 102 Å². The molecular formula is C28H25NO3. The summed E-state index contributed by atoms with van der Waals surface area (Å²) in [7, 11) is 0. The van der Waals surface area contributed by atoms with Crippen molar-refractivity contribution in [3.05, 3.63) is 119 Å². The molecule has 160 valence electrons. The lowest BCUT2D eigenvalue weighted by atomic mass is 10.0. The van der Waals surface area contributed by atoms with Crippen LogP contribution >= 0.6 is 0 Å². The van der Waals surface area contributed by atoms with E-state index in [0.29, 0.717) is 17.6 Å². The van der Waals surface area contributed by atoms with E-state index in [1.165, 1.54) is 5.56 Å². The van der Waals surface area contributed by atoms with Crippen LogP contribution in [0.1, 0.15) is 48.1 Å². The maximum absolute atomic E-state index is 12.3. The second-order valence-corrected chi connectivity index (χ2v) is 7.87. The van der Waals surface area contributed by atoms with Crippen LogP contribution < -0.4 is 4.74 Å². The molecule has 1 heterocycles. The maximum Gasteiger partial charge on any atom is 0.363 e. The van der Waals surface area contributed by atoms with Crippen molar-refractivity contribution < 1.29 is 14.3 Å². The number of carbonyl (C=O) groups excluding carboxylic acids is 1. The Morgan fingerprint density at radius 3 is 2.22 bits per heavy atom. The zero-order valence-electron chi connectivity index (χ0n) is 18.2. The molecule has 3 aromatic carbocycles. The molecule has 3 aromatic rings. The minimum atomic E-state index is -0.455. The first kappa shape index (κ1) is 21.3. The number of carbonyl (C=O) groups is 1. The van der Waals surface area contributed by atoms with Gasteiger partial charge in [0.1, 0.15) is 11.9 Å². The Labute approximate surface area is 188 Å². The van der Waals surface area contributed by atoms with Crippen molar-refractivity contribution in [2.24, 2.45) is 4.99 Å². The third-order valence-electron chi connectivity index (χ3n) is 5.23. The standard InChI is InChI=1S/C28H25NO3/c1-4-26(22-8-6-5-7-9-22)31-24-16-10-20(11-17-24)18-25-28(30)32-27(29-25)23-14-12-21(13-15-23)19(2)3/h4-19,26H,1H2,2-3H3/b25-18-. The van der Waals surface area contributed by atoms with Crippen molar-refractivity contribution >= 4 is 17.9 Å². The van der Waals surface area contributed by atoms with Crippen molar-refractivity contribution in [3.63, 3.8) is 0 Å². The number of hydrogen-bond donors (Lipinski definition) is 0. The molecule has 1 aliphatic rings. The topological polar surface area (TPSA) is 47.9 Å². The van der Waals surface area contributed by atoms with Crippen LogP contribution in [0.25, 0.3) is 6.08 Å². The fourth-order valence-corrected chi connectivity index (χ4v) is 3.39. The highest BCUT2D eigenvalue weighted by atomic mass is 16.6. The van der Waals surface area contributed by atoms with Gasteiger partial charge in [-0.3, -0.25) is 0 Å². The summed E-state index contributed by atoms with van der Waals surface area (Å²) in [6.07, 6.45) is 3.24. The van der Waals surface area contributed by atoms with E-state index in [-0.39, 0.29) is 11.8 Å². The van der Waals surface area contributed by atoms with Crippen LogP contribution in [0, 0.1) is 0 Å². The van der Waals surface area contributed by atoms with Gasteiger partial charge in [0.15, 0.2) is 5.70 Å². The average Bonchev–Trinajstić information content (AvgIpc) is 3.19. The average molecular weight is 424 g/mol. The van der Waals surface area contributed by atoms with E-state index >= 15 is 0 Å². The zero-order valence-corrected chi connectivity index (χ0v) is 18.2. The number of aliphatic imine (C=N–C) groups is 1. The van der Waals surface area contributed by atoms with Crippen molar-refractivity contribution in [3.8, 4) is 5.75 Å². The highest BCUT2D eigenvalue weighted by Crippen LogP contribution is 2.25. The van der Waals surface area contributed by atoms with E-state index in [0.717, 1.165) is 16.7 Å². The first-order valence-electron chi connectivity index (χ1n) is 10.6. The highest BCUT2D eigenvalue weighted by Gasteiger charge is 2.24. The number of nitrogens with zero attached hydrogens (tertiary/aromatic N) is 1. The third-order valence-corrected chi connectivity index (χ3v) is 5.23. The van der Waals surface area contributed by atoms with Gasteiger partial charge >= 0.3 is 5.97 Å². The summed E-state index contributed by atoms with van der Waals surface area (Å²) in [5.74, 6) is 1.02. The number of benzene rings is 3. The summed E-state index contributed by atoms with van der Waals surface area (Å²) in [5, 5.41) is 0. The first-order valence-corrected chi connectivity index (χ1v) is 10.6. The van der Waals surface area contributed by atoms with E-state index in [9.17, 15) is 4.79 Å². The van der Waals surface area contributed by atoms with Crippen molar-refractivity contribution in [1.29, 1.82) is 0 Å². The van der Waals surface area contributed by atoms with E-state index in [2.05, 4.69) is 25.4 Å². The second kappa shape index (κ2) is 9.48. The summed E-state index contributed by atoms with van der Waals surface area (Å²) in [6, 6.07) is 25.3. The Bertz CT molecular complexity index is 1160. The molecule has 0 bridgehead atoms. The van der Waals surface area contributed by atoms with Crippen LogP contribution in [0.5, 0.6) is 5.75 Å². The Kier molecular flexibility index (Phi) is 6.31. The van der Waals surface area contributed by atoms with Crippen molar-refractivity contribution in [2.75, 3.05) is 0 Å². The van der Waals surface area contributed by atoms with Gasteiger partial charge in [0.25, 0.3) is 0 Å². The van der Waals surface area contributed by atoms with Gasteiger partial charge in [0, 0.05) is 5.56 Å². The molecule has 0 amide bonds. The smallest absolute Gasteiger partial charge is 0.363 e. The van der Waals surface area contributed by atoms with Gasteiger partial charge in [0.05, 0.1) is 0 Å². The molecule has 0 aromatic heterocycles. The molecule has 0 radical (unpaired) electrons. The van der Waals surface area contributed by atoms with Crippen LogP contribution in [-0.4, -0.2) is 11.9 Å². The zero-order chi connectivity index (χ0) is 22.5. The fraction of sp³-hybridized carbons (Fsp3) is 0.143. The van der Waals surface area contributed by atoms with Crippen LogP contribution in [-0.2, 0) is 9.53 Å². The number of rotatable bonds is 7. The Morgan fingerprint density at radius 1 is 0.906 bits per heavy atom. The number of hydrogen-bond acceptors (Lipinski definition) is 4. The van der Waals surface area contributed by atoms with Gasteiger partial charge in [-0.15, -0.1) is 0 Å². The summed E-state index contributed by atoms with van der Waals surface area (Å²) in [5.41, 5.74) is 4.15. The fourth-order valence-electron chi connectivity index (χ4n) is 3.39. The lowest BCUT2D eigenvalue weighted by Gasteiger charge is -2.16. The Balaban J connectivity index is 1.48. The molecule has 0 N–H and O–H groups in total. The monoisotopic (exact) mass is 423 g/mol. The molecule has 4 heteroatoms. The molecule has 1 atom stereocenters. The van der Waals surface area contributed by atoms with E-state index in [1.54, 1.807) is 12.2 Å². The predicted octanol–water partition coefficient (Wildman–Crippen LogP) is 6.46. The third kappa shape index (κ3) is 4.86. The molecule has 4 nitrogen and oxygen atoms in total. The first-order chi connectivity index (χ1) is 15.5. The van der Waals surface area contributed by atoms with Gasteiger partial charge < -0.3 is 9.47 Å².